The Bertz CT molecular complexity index is 1050. The Balaban J connectivity index is 1.91. The minimum Gasteiger partial charge on any atom is -0.495 e. The van der Waals surface area contributed by atoms with Crippen molar-refractivity contribution in [2.45, 2.75) is 32.1 Å². The highest BCUT2D eigenvalue weighted by atomic mass is 35.5. The molecule has 2 amide bonds. The standard InChI is InChI=1S/C23H24ClN3O5/c1-32-21-11-10-17(24)14-19(21)25-23(29)20(26-22(28)16-7-3-2-4-8-16)13-15-6-5-9-18(12-15)27(30)31/h5-6,9-14,16H,2-4,7-8H2,1H3,(H,25,29)(H,26,28)/b20-13-. The first-order valence-corrected chi connectivity index (χ1v) is 10.7. The van der Waals surface area contributed by atoms with Crippen LogP contribution >= 0.6 is 11.6 Å². The maximum Gasteiger partial charge on any atom is 0.272 e. The Morgan fingerprint density at radius 1 is 1.16 bits per heavy atom. The van der Waals surface area contributed by atoms with E-state index in [1.807, 2.05) is 0 Å². The molecule has 0 unspecified atom stereocenters. The highest BCUT2D eigenvalue weighted by Crippen LogP contribution is 2.28. The molecule has 168 valence electrons. The van der Waals surface area contributed by atoms with Crippen LogP contribution in [0.2, 0.25) is 5.02 Å². The topological polar surface area (TPSA) is 111 Å². The number of hydrogen-bond acceptors (Lipinski definition) is 5. The van der Waals surface area contributed by atoms with Gasteiger partial charge >= 0.3 is 0 Å². The molecule has 0 heterocycles. The molecule has 2 aromatic carbocycles. The molecule has 1 aliphatic carbocycles. The molecule has 0 aromatic heterocycles. The lowest BCUT2D eigenvalue weighted by atomic mass is 9.88. The maximum absolute atomic E-state index is 13.1. The molecule has 1 aliphatic rings. The average Bonchev–Trinajstić information content (AvgIpc) is 2.79. The SMILES string of the molecule is COc1ccc(Cl)cc1NC(=O)/C(=C/c1cccc([N+](=O)[O-])c1)NC(=O)C1CCCCC1. The summed E-state index contributed by atoms with van der Waals surface area (Å²) in [5.74, 6) is -0.613. The van der Waals surface area contributed by atoms with Crippen LogP contribution in [0.5, 0.6) is 5.75 Å². The predicted octanol–water partition coefficient (Wildman–Crippen LogP) is 4.93. The molecule has 1 saturated carbocycles. The van der Waals surface area contributed by atoms with E-state index in [0.717, 1.165) is 32.1 Å². The Hall–Kier alpha value is -3.39. The number of amides is 2. The van der Waals surface area contributed by atoms with Crippen molar-refractivity contribution in [3.05, 3.63) is 68.9 Å². The van der Waals surface area contributed by atoms with Crippen LogP contribution in [0.15, 0.2) is 48.2 Å². The van der Waals surface area contributed by atoms with Gasteiger partial charge < -0.3 is 15.4 Å². The molecular formula is C23H24ClN3O5. The molecule has 2 N–H and O–H groups in total. The fraction of sp³-hybridized carbons (Fsp3) is 0.304. The molecule has 0 radical (unpaired) electrons. The largest absolute Gasteiger partial charge is 0.495 e. The number of carbonyl (C=O) groups excluding carboxylic acids is 2. The summed E-state index contributed by atoms with van der Waals surface area (Å²) in [6.45, 7) is 0. The number of nitrogens with zero attached hydrogens (tertiary/aromatic N) is 1. The normalized spacial score (nSPS) is 14.5. The summed E-state index contributed by atoms with van der Waals surface area (Å²) >= 11 is 6.04. The number of benzene rings is 2. The zero-order valence-electron chi connectivity index (χ0n) is 17.6. The van der Waals surface area contributed by atoms with Crippen molar-refractivity contribution in [1.29, 1.82) is 0 Å². The van der Waals surface area contributed by atoms with Gasteiger partial charge in [0.25, 0.3) is 11.6 Å². The third-order valence-electron chi connectivity index (χ3n) is 5.28. The van der Waals surface area contributed by atoms with Gasteiger partial charge in [0.15, 0.2) is 0 Å². The van der Waals surface area contributed by atoms with E-state index in [9.17, 15) is 19.7 Å². The van der Waals surface area contributed by atoms with Crippen LogP contribution in [0.4, 0.5) is 11.4 Å². The number of methoxy groups -OCH3 is 1. The summed E-state index contributed by atoms with van der Waals surface area (Å²) in [6.07, 6.45) is 5.97. The van der Waals surface area contributed by atoms with Crippen LogP contribution in [0.3, 0.4) is 0 Å². The smallest absolute Gasteiger partial charge is 0.272 e. The van der Waals surface area contributed by atoms with Crippen LogP contribution in [-0.2, 0) is 9.59 Å². The molecule has 0 saturated heterocycles. The number of nitrogens with one attached hydrogen (secondary N) is 2. The Kier molecular flexibility index (Phi) is 7.83. The fourth-order valence-corrected chi connectivity index (χ4v) is 3.79. The van der Waals surface area contributed by atoms with Gasteiger partial charge in [0.2, 0.25) is 5.91 Å². The van der Waals surface area contributed by atoms with E-state index < -0.39 is 10.8 Å². The van der Waals surface area contributed by atoms with Gasteiger partial charge in [-0.25, -0.2) is 0 Å². The molecule has 0 aliphatic heterocycles. The molecule has 8 nitrogen and oxygen atoms in total. The van der Waals surface area contributed by atoms with Crippen molar-refractivity contribution in [1.82, 2.24) is 5.32 Å². The van der Waals surface area contributed by atoms with Crippen molar-refractivity contribution < 1.29 is 19.2 Å². The summed E-state index contributed by atoms with van der Waals surface area (Å²) in [5.41, 5.74) is 0.602. The minimum absolute atomic E-state index is 0.0249. The van der Waals surface area contributed by atoms with Gasteiger partial charge in [-0.15, -0.1) is 0 Å². The molecule has 0 spiro atoms. The zero-order chi connectivity index (χ0) is 23.1. The third-order valence-corrected chi connectivity index (χ3v) is 5.52. The van der Waals surface area contributed by atoms with Gasteiger partial charge in [0, 0.05) is 23.1 Å². The van der Waals surface area contributed by atoms with E-state index in [4.69, 9.17) is 16.3 Å². The zero-order valence-corrected chi connectivity index (χ0v) is 18.4. The number of hydrogen-bond donors (Lipinski definition) is 2. The van der Waals surface area contributed by atoms with Crippen molar-refractivity contribution in [2.75, 3.05) is 12.4 Å². The highest BCUT2D eigenvalue weighted by molar-refractivity contribution is 6.31. The number of carbonyl (C=O) groups is 2. The summed E-state index contributed by atoms with van der Waals surface area (Å²) in [6, 6.07) is 10.6. The van der Waals surface area contributed by atoms with E-state index in [-0.39, 0.29) is 23.2 Å². The lowest BCUT2D eigenvalue weighted by Crippen LogP contribution is -2.35. The van der Waals surface area contributed by atoms with Crippen molar-refractivity contribution in [3.63, 3.8) is 0 Å². The number of non-ortho nitro benzene ring substituents is 1. The van der Waals surface area contributed by atoms with Gasteiger partial charge in [0.05, 0.1) is 17.7 Å². The van der Waals surface area contributed by atoms with Crippen molar-refractivity contribution >= 4 is 40.9 Å². The van der Waals surface area contributed by atoms with Gasteiger partial charge in [-0.3, -0.25) is 19.7 Å². The van der Waals surface area contributed by atoms with Gasteiger partial charge in [-0.2, -0.15) is 0 Å². The third kappa shape index (κ3) is 6.07. The summed E-state index contributed by atoms with van der Waals surface area (Å²) < 4.78 is 5.26. The van der Waals surface area contributed by atoms with E-state index in [0.29, 0.717) is 22.0 Å². The molecule has 1 fully saturated rings. The average molecular weight is 458 g/mol. The van der Waals surface area contributed by atoms with Crippen LogP contribution in [-0.4, -0.2) is 23.8 Å². The molecule has 3 rings (SSSR count). The van der Waals surface area contributed by atoms with Crippen LogP contribution in [0.25, 0.3) is 6.08 Å². The van der Waals surface area contributed by atoms with E-state index in [1.54, 1.807) is 18.2 Å². The summed E-state index contributed by atoms with van der Waals surface area (Å²) in [7, 11) is 1.46. The molecular weight excluding hydrogens is 434 g/mol. The van der Waals surface area contributed by atoms with Crippen LogP contribution < -0.4 is 15.4 Å². The number of ether oxygens (including phenoxy) is 1. The highest BCUT2D eigenvalue weighted by Gasteiger charge is 2.24. The quantitative estimate of drug-likeness (QED) is 0.348. The number of halogens is 1. The first-order valence-electron chi connectivity index (χ1n) is 10.3. The van der Waals surface area contributed by atoms with Gasteiger partial charge in [-0.05, 0) is 42.7 Å². The lowest BCUT2D eigenvalue weighted by Gasteiger charge is -2.21. The second-order valence-electron chi connectivity index (χ2n) is 7.53. The number of rotatable bonds is 7. The molecule has 0 atom stereocenters. The Labute approximate surface area is 190 Å². The van der Waals surface area contributed by atoms with E-state index in [2.05, 4.69) is 10.6 Å². The number of nitro groups is 1. The Morgan fingerprint density at radius 3 is 2.59 bits per heavy atom. The first-order chi connectivity index (χ1) is 15.4. The molecule has 9 heteroatoms. The van der Waals surface area contributed by atoms with Gasteiger partial charge in [0.1, 0.15) is 11.4 Å². The van der Waals surface area contributed by atoms with E-state index in [1.165, 1.54) is 37.5 Å². The monoisotopic (exact) mass is 457 g/mol. The van der Waals surface area contributed by atoms with Gasteiger partial charge in [-0.1, -0.05) is 43.0 Å². The maximum atomic E-state index is 13.1. The Morgan fingerprint density at radius 2 is 1.91 bits per heavy atom. The van der Waals surface area contributed by atoms with Crippen molar-refractivity contribution in [3.8, 4) is 5.75 Å². The molecule has 2 aromatic rings. The fourth-order valence-electron chi connectivity index (χ4n) is 3.62. The minimum atomic E-state index is -0.596. The van der Waals surface area contributed by atoms with Crippen molar-refractivity contribution in [2.24, 2.45) is 5.92 Å². The second kappa shape index (κ2) is 10.8. The number of anilines is 1. The molecule has 0 bridgehead atoms. The van der Waals surface area contributed by atoms with Crippen LogP contribution in [0, 0.1) is 16.0 Å². The van der Waals surface area contributed by atoms with Crippen LogP contribution in [0.1, 0.15) is 37.7 Å². The predicted molar refractivity (Wildman–Crippen MR) is 122 cm³/mol. The lowest BCUT2D eigenvalue weighted by molar-refractivity contribution is -0.384. The number of nitro benzene ring substituents is 1. The summed E-state index contributed by atoms with van der Waals surface area (Å²) in [5, 5.41) is 16.9. The second-order valence-corrected chi connectivity index (χ2v) is 7.97. The molecule has 32 heavy (non-hydrogen) atoms. The van der Waals surface area contributed by atoms with E-state index >= 15 is 0 Å². The summed E-state index contributed by atoms with van der Waals surface area (Å²) in [4.78, 5) is 36.5. The first kappa shape index (κ1) is 23.3.